The van der Waals surface area contributed by atoms with Gasteiger partial charge in [0.15, 0.2) is 11.6 Å². The van der Waals surface area contributed by atoms with Gasteiger partial charge in [-0.3, -0.25) is 0 Å². The van der Waals surface area contributed by atoms with Crippen LogP contribution in [0.25, 0.3) is 0 Å². The summed E-state index contributed by atoms with van der Waals surface area (Å²) in [7, 11) is 2.95. The third kappa shape index (κ3) is 1.65. The smallest absolute Gasteiger partial charge is 0.168 e. The Morgan fingerprint density at radius 2 is 1.80 bits per heavy atom. The minimum Gasteiger partial charge on any atom is -0.496 e. The largest absolute Gasteiger partial charge is 0.496 e. The Bertz CT molecular complexity index is 388. The first-order valence-corrected chi connectivity index (χ1v) is 4.81. The van der Waals surface area contributed by atoms with E-state index in [1.165, 1.54) is 20.3 Å². The molecule has 0 atom stereocenters. The van der Waals surface area contributed by atoms with Crippen molar-refractivity contribution in [2.75, 3.05) is 14.2 Å². The van der Waals surface area contributed by atoms with Crippen LogP contribution in [0.5, 0.6) is 11.5 Å². The van der Waals surface area contributed by atoms with Crippen molar-refractivity contribution in [3.63, 3.8) is 0 Å². The molecule has 1 aromatic rings. The van der Waals surface area contributed by atoms with E-state index in [9.17, 15) is 4.39 Å². The summed E-state index contributed by atoms with van der Waals surface area (Å²) in [5.74, 6) is 0.276. The summed E-state index contributed by atoms with van der Waals surface area (Å²) in [6, 6.07) is 2.95. The van der Waals surface area contributed by atoms with Crippen LogP contribution in [0.4, 0.5) is 4.39 Å². The van der Waals surface area contributed by atoms with E-state index >= 15 is 0 Å². The summed E-state index contributed by atoms with van der Waals surface area (Å²) >= 11 is 0. The Morgan fingerprint density at radius 1 is 1.20 bits per heavy atom. The summed E-state index contributed by atoms with van der Waals surface area (Å²) in [5.41, 5.74) is 6.53. The van der Waals surface area contributed by atoms with Gasteiger partial charge in [0.05, 0.1) is 14.2 Å². The van der Waals surface area contributed by atoms with E-state index in [0.717, 1.165) is 18.4 Å². The zero-order chi connectivity index (χ0) is 11.1. The molecule has 1 saturated carbocycles. The van der Waals surface area contributed by atoms with Crippen molar-refractivity contribution in [1.82, 2.24) is 0 Å². The number of hydrogen-bond acceptors (Lipinski definition) is 3. The molecule has 0 saturated heterocycles. The van der Waals surface area contributed by atoms with Crippen molar-refractivity contribution < 1.29 is 13.9 Å². The minimum absolute atomic E-state index is 0.211. The third-order valence-corrected chi connectivity index (χ3v) is 2.80. The molecular formula is C11H14FNO2. The number of nitrogens with two attached hydrogens (primary N) is 1. The van der Waals surface area contributed by atoms with Crippen LogP contribution in [0.1, 0.15) is 18.4 Å². The lowest BCUT2D eigenvalue weighted by Crippen LogP contribution is -2.20. The fourth-order valence-electron chi connectivity index (χ4n) is 1.65. The van der Waals surface area contributed by atoms with Crippen LogP contribution < -0.4 is 15.2 Å². The van der Waals surface area contributed by atoms with E-state index in [4.69, 9.17) is 15.2 Å². The molecule has 2 rings (SSSR count). The molecule has 3 nitrogen and oxygen atoms in total. The Balaban J connectivity index is 2.51. The van der Waals surface area contributed by atoms with Gasteiger partial charge in [0.2, 0.25) is 0 Å². The number of rotatable bonds is 3. The molecule has 0 radical (unpaired) electrons. The molecular weight excluding hydrogens is 197 g/mol. The maximum absolute atomic E-state index is 13.4. The van der Waals surface area contributed by atoms with E-state index in [2.05, 4.69) is 0 Å². The van der Waals surface area contributed by atoms with Gasteiger partial charge in [0.1, 0.15) is 5.75 Å². The first-order chi connectivity index (χ1) is 7.10. The highest BCUT2D eigenvalue weighted by Crippen LogP contribution is 2.47. The normalized spacial score (nSPS) is 17.3. The van der Waals surface area contributed by atoms with Crippen molar-refractivity contribution in [2.24, 2.45) is 5.73 Å². The SMILES string of the molecule is COc1cc(C2(N)CC2)c(OC)cc1F. The molecule has 1 aliphatic rings. The molecule has 4 heteroatoms. The second-order valence-electron chi connectivity index (χ2n) is 3.84. The van der Waals surface area contributed by atoms with Gasteiger partial charge in [0, 0.05) is 17.2 Å². The monoisotopic (exact) mass is 211 g/mol. The van der Waals surface area contributed by atoms with Crippen molar-refractivity contribution in [3.8, 4) is 11.5 Å². The molecule has 0 amide bonds. The molecule has 0 aromatic heterocycles. The quantitative estimate of drug-likeness (QED) is 0.829. The zero-order valence-corrected chi connectivity index (χ0v) is 8.84. The van der Waals surface area contributed by atoms with Gasteiger partial charge in [-0.15, -0.1) is 0 Å². The molecule has 1 fully saturated rings. The maximum atomic E-state index is 13.4. The van der Waals surface area contributed by atoms with Crippen LogP contribution in [0.15, 0.2) is 12.1 Å². The standard InChI is InChI=1S/C11H14FNO2/c1-14-9-6-8(12)10(15-2)5-7(9)11(13)3-4-11/h5-6H,3-4,13H2,1-2H3. The van der Waals surface area contributed by atoms with Gasteiger partial charge >= 0.3 is 0 Å². The first-order valence-electron chi connectivity index (χ1n) is 4.81. The van der Waals surface area contributed by atoms with Gasteiger partial charge in [-0.05, 0) is 18.9 Å². The first kappa shape index (κ1) is 10.2. The second-order valence-corrected chi connectivity index (χ2v) is 3.84. The van der Waals surface area contributed by atoms with Crippen molar-refractivity contribution in [1.29, 1.82) is 0 Å². The van der Waals surface area contributed by atoms with Gasteiger partial charge < -0.3 is 15.2 Å². The highest BCUT2D eigenvalue weighted by molar-refractivity contribution is 5.47. The highest BCUT2D eigenvalue weighted by atomic mass is 19.1. The maximum Gasteiger partial charge on any atom is 0.168 e. The highest BCUT2D eigenvalue weighted by Gasteiger charge is 2.42. The lowest BCUT2D eigenvalue weighted by atomic mass is 10.0. The topological polar surface area (TPSA) is 44.5 Å². The number of ether oxygens (including phenoxy) is 2. The van der Waals surface area contributed by atoms with E-state index < -0.39 is 5.82 Å². The van der Waals surface area contributed by atoms with Crippen molar-refractivity contribution >= 4 is 0 Å². The average molecular weight is 211 g/mol. The molecule has 0 unspecified atom stereocenters. The van der Waals surface area contributed by atoms with E-state index in [1.54, 1.807) is 6.07 Å². The molecule has 0 bridgehead atoms. The average Bonchev–Trinajstić information content (AvgIpc) is 2.97. The summed E-state index contributed by atoms with van der Waals surface area (Å²) in [6.45, 7) is 0. The lowest BCUT2D eigenvalue weighted by Gasteiger charge is -2.15. The molecule has 15 heavy (non-hydrogen) atoms. The number of benzene rings is 1. The van der Waals surface area contributed by atoms with E-state index in [-0.39, 0.29) is 11.3 Å². The summed E-state index contributed by atoms with van der Waals surface area (Å²) in [6.07, 6.45) is 1.80. The number of hydrogen-bond donors (Lipinski definition) is 1. The van der Waals surface area contributed by atoms with Crippen molar-refractivity contribution in [3.05, 3.63) is 23.5 Å². The van der Waals surface area contributed by atoms with Crippen LogP contribution in [0, 0.1) is 5.82 Å². The molecule has 1 aromatic carbocycles. The van der Waals surface area contributed by atoms with Crippen LogP contribution in [-0.2, 0) is 5.54 Å². The number of methoxy groups -OCH3 is 2. The van der Waals surface area contributed by atoms with Crippen LogP contribution >= 0.6 is 0 Å². The molecule has 0 aliphatic heterocycles. The molecule has 2 N–H and O–H groups in total. The van der Waals surface area contributed by atoms with Crippen LogP contribution in [0.3, 0.4) is 0 Å². The fourth-order valence-corrected chi connectivity index (χ4v) is 1.65. The molecule has 0 heterocycles. The molecule has 82 valence electrons. The second kappa shape index (κ2) is 3.38. The third-order valence-electron chi connectivity index (χ3n) is 2.80. The Kier molecular flexibility index (Phi) is 2.31. The Labute approximate surface area is 88.0 Å². The van der Waals surface area contributed by atoms with Gasteiger partial charge in [-0.25, -0.2) is 4.39 Å². The van der Waals surface area contributed by atoms with E-state index in [1.807, 2.05) is 0 Å². The van der Waals surface area contributed by atoms with Crippen molar-refractivity contribution in [2.45, 2.75) is 18.4 Å². The van der Waals surface area contributed by atoms with Gasteiger partial charge in [-0.2, -0.15) is 0 Å². The number of halogens is 1. The summed E-state index contributed by atoms with van der Waals surface area (Å²) in [5, 5.41) is 0. The van der Waals surface area contributed by atoms with Gasteiger partial charge in [-0.1, -0.05) is 0 Å². The molecule has 1 aliphatic carbocycles. The summed E-state index contributed by atoms with van der Waals surface area (Å²) in [4.78, 5) is 0. The van der Waals surface area contributed by atoms with Gasteiger partial charge in [0.25, 0.3) is 0 Å². The molecule has 0 spiro atoms. The fraction of sp³-hybridized carbons (Fsp3) is 0.455. The Hall–Kier alpha value is -1.29. The predicted octanol–water partition coefficient (Wildman–Crippen LogP) is 1.79. The van der Waals surface area contributed by atoms with Crippen LogP contribution in [0.2, 0.25) is 0 Å². The Morgan fingerprint density at radius 3 is 2.27 bits per heavy atom. The van der Waals surface area contributed by atoms with Crippen LogP contribution in [-0.4, -0.2) is 14.2 Å². The zero-order valence-electron chi connectivity index (χ0n) is 8.84. The summed E-state index contributed by atoms with van der Waals surface area (Å²) < 4.78 is 23.4. The van der Waals surface area contributed by atoms with E-state index in [0.29, 0.717) is 5.75 Å². The minimum atomic E-state index is -0.428. The lowest BCUT2D eigenvalue weighted by molar-refractivity contribution is 0.371. The predicted molar refractivity (Wildman–Crippen MR) is 54.6 cm³/mol.